The van der Waals surface area contributed by atoms with E-state index in [1.807, 2.05) is 39.3 Å². The average Bonchev–Trinajstić information content (AvgIpc) is 2.92. The van der Waals surface area contributed by atoms with Crippen molar-refractivity contribution in [3.05, 3.63) is 53.4 Å². The Morgan fingerprint density at radius 2 is 1.68 bits per heavy atom. The second-order valence-electron chi connectivity index (χ2n) is 9.37. The zero-order valence-electron chi connectivity index (χ0n) is 23.2. The van der Waals surface area contributed by atoms with Gasteiger partial charge in [0.15, 0.2) is 0 Å². The third-order valence-corrected chi connectivity index (χ3v) is 7.94. The van der Waals surface area contributed by atoms with Crippen molar-refractivity contribution in [2.24, 2.45) is 0 Å². The SMILES string of the molecule is COc1cc(N(C)CCN(C)C)ccc1Nc1ncc(Br)c(Nc2ccc3nccnc3c2N(C)S(C)(=O)=O)n1. The molecule has 2 aromatic heterocycles. The molecule has 0 aliphatic rings. The Balaban J connectivity index is 1.65. The Bertz CT molecular complexity index is 1620. The molecule has 2 N–H and O–H groups in total. The molecule has 212 valence electrons. The van der Waals surface area contributed by atoms with Crippen molar-refractivity contribution < 1.29 is 13.2 Å². The number of hydrogen-bond acceptors (Lipinski definition) is 11. The molecule has 2 heterocycles. The summed E-state index contributed by atoms with van der Waals surface area (Å²) >= 11 is 3.49. The maximum atomic E-state index is 12.5. The van der Waals surface area contributed by atoms with E-state index < -0.39 is 10.0 Å². The molecule has 0 radical (unpaired) electrons. The molecule has 2 aromatic carbocycles. The van der Waals surface area contributed by atoms with Crippen molar-refractivity contribution in [3.8, 4) is 5.75 Å². The number of aromatic nitrogens is 4. The summed E-state index contributed by atoms with van der Waals surface area (Å²) in [7, 11) is 5.61. The molecule has 0 amide bonds. The van der Waals surface area contributed by atoms with E-state index in [4.69, 9.17) is 4.74 Å². The number of nitrogens with one attached hydrogen (secondary N) is 2. The van der Waals surface area contributed by atoms with Crippen LogP contribution in [0.1, 0.15) is 0 Å². The van der Waals surface area contributed by atoms with Gasteiger partial charge in [-0.15, -0.1) is 0 Å². The van der Waals surface area contributed by atoms with Gasteiger partial charge in [0, 0.05) is 57.5 Å². The first kappa shape index (κ1) is 29.2. The summed E-state index contributed by atoms with van der Waals surface area (Å²) in [5.41, 5.74) is 3.54. The molecule has 12 nitrogen and oxygen atoms in total. The van der Waals surface area contributed by atoms with Crippen LogP contribution < -0.4 is 24.6 Å². The standard InChI is InChI=1S/C26H32BrN9O3S/c1-34(2)13-14-35(3)17-7-8-19(22(15-17)39-5)32-26-30-16-18(27)25(33-26)31-21-10-9-20-23(29-12-11-28-20)24(21)36(4)40(6,37)38/h7-12,15-16H,13-14H2,1-6H3,(H2,30,31,32,33). The van der Waals surface area contributed by atoms with Gasteiger partial charge >= 0.3 is 0 Å². The van der Waals surface area contributed by atoms with Gasteiger partial charge < -0.3 is 25.2 Å². The molecule has 0 aliphatic carbocycles. The lowest BCUT2D eigenvalue weighted by Crippen LogP contribution is -2.28. The van der Waals surface area contributed by atoms with Crippen LogP contribution in [0.15, 0.2) is 53.4 Å². The lowest BCUT2D eigenvalue weighted by atomic mass is 10.2. The minimum atomic E-state index is -3.60. The highest BCUT2D eigenvalue weighted by atomic mass is 79.9. The molecular weight excluding hydrogens is 598 g/mol. The monoisotopic (exact) mass is 629 g/mol. The number of halogens is 1. The van der Waals surface area contributed by atoms with Crippen molar-refractivity contribution in [2.75, 3.05) is 74.5 Å². The molecule has 0 unspecified atom stereocenters. The fourth-order valence-electron chi connectivity index (χ4n) is 3.87. The first-order valence-electron chi connectivity index (χ1n) is 12.3. The van der Waals surface area contributed by atoms with Crippen LogP contribution in [0.3, 0.4) is 0 Å². The lowest BCUT2D eigenvalue weighted by Gasteiger charge is -2.23. The predicted octanol–water partition coefficient (Wildman–Crippen LogP) is 4.07. The third-order valence-electron chi connectivity index (χ3n) is 6.18. The van der Waals surface area contributed by atoms with Crippen LogP contribution in [0.5, 0.6) is 5.75 Å². The fraction of sp³-hybridized carbons (Fsp3) is 0.308. The van der Waals surface area contributed by atoms with Gasteiger partial charge in [0.1, 0.15) is 22.8 Å². The number of rotatable bonds is 11. The third kappa shape index (κ3) is 6.69. The molecule has 4 aromatic rings. The number of likely N-dealkylation sites (N-methyl/N-ethyl adjacent to an activating group) is 2. The van der Waals surface area contributed by atoms with E-state index in [9.17, 15) is 8.42 Å². The van der Waals surface area contributed by atoms with Crippen molar-refractivity contribution in [3.63, 3.8) is 0 Å². The fourth-order valence-corrected chi connectivity index (χ4v) is 4.68. The minimum absolute atomic E-state index is 0.316. The van der Waals surface area contributed by atoms with Crippen LogP contribution in [0.2, 0.25) is 0 Å². The lowest BCUT2D eigenvalue weighted by molar-refractivity contribution is 0.413. The number of sulfonamides is 1. The topological polar surface area (TPSA) is 129 Å². The Morgan fingerprint density at radius 1 is 0.950 bits per heavy atom. The van der Waals surface area contributed by atoms with Gasteiger partial charge in [-0.2, -0.15) is 4.98 Å². The van der Waals surface area contributed by atoms with Crippen LogP contribution >= 0.6 is 15.9 Å². The smallest absolute Gasteiger partial charge is 0.232 e. The van der Waals surface area contributed by atoms with E-state index in [-0.39, 0.29) is 0 Å². The van der Waals surface area contributed by atoms with E-state index in [0.717, 1.165) is 25.0 Å². The number of ether oxygens (including phenoxy) is 1. The first-order chi connectivity index (χ1) is 19.0. The summed E-state index contributed by atoms with van der Waals surface area (Å²) in [5.74, 6) is 1.37. The number of methoxy groups -OCH3 is 1. The summed E-state index contributed by atoms with van der Waals surface area (Å²) in [6.45, 7) is 1.79. The van der Waals surface area contributed by atoms with Gasteiger partial charge in [-0.25, -0.2) is 13.4 Å². The maximum absolute atomic E-state index is 12.5. The summed E-state index contributed by atoms with van der Waals surface area (Å²) in [4.78, 5) is 22.0. The highest BCUT2D eigenvalue weighted by molar-refractivity contribution is 9.10. The molecule has 0 fully saturated rings. The van der Waals surface area contributed by atoms with Crippen LogP contribution in [-0.2, 0) is 10.0 Å². The van der Waals surface area contributed by atoms with Crippen molar-refractivity contribution in [2.45, 2.75) is 0 Å². The molecule has 0 aliphatic heterocycles. The van der Waals surface area contributed by atoms with Crippen molar-refractivity contribution in [1.29, 1.82) is 0 Å². The second-order valence-corrected chi connectivity index (χ2v) is 12.2. The summed E-state index contributed by atoms with van der Waals surface area (Å²) in [5, 5.41) is 6.46. The van der Waals surface area contributed by atoms with Crippen molar-refractivity contribution in [1.82, 2.24) is 24.8 Å². The maximum Gasteiger partial charge on any atom is 0.232 e. The van der Waals surface area contributed by atoms with Gasteiger partial charge in [0.05, 0.1) is 34.7 Å². The average molecular weight is 631 g/mol. The molecule has 0 saturated heterocycles. The van der Waals surface area contributed by atoms with Gasteiger partial charge in [0.25, 0.3) is 0 Å². The molecule has 14 heteroatoms. The number of anilines is 6. The zero-order chi connectivity index (χ0) is 29.0. The van der Waals surface area contributed by atoms with Crippen LogP contribution in [0, 0.1) is 0 Å². The first-order valence-corrected chi connectivity index (χ1v) is 14.9. The molecule has 4 rings (SSSR count). The highest BCUT2D eigenvalue weighted by Crippen LogP contribution is 2.37. The van der Waals surface area contributed by atoms with Gasteiger partial charge in [-0.05, 0) is 54.3 Å². The van der Waals surface area contributed by atoms with Crippen LogP contribution in [0.4, 0.5) is 34.5 Å². The largest absolute Gasteiger partial charge is 0.494 e. The molecular formula is C26H32BrN9O3S. The Hall–Kier alpha value is -3.75. The summed E-state index contributed by atoms with van der Waals surface area (Å²) in [6.07, 6.45) is 5.82. The van der Waals surface area contributed by atoms with E-state index in [2.05, 4.69) is 56.3 Å². The molecule has 0 spiro atoms. The predicted molar refractivity (Wildman–Crippen MR) is 164 cm³/mol. The van der Waals surface area contributed by atoms with Gasteiger partial charge in [-0.3, -0.25) is 14.3 Å². The van der Waals surface area contributed by atoms with Crippen molar-refractivity contribution >= 4 is 71.5 Å². The number of nitrogens with zero attached hydrogens (tertiary/aromatic N) is 7. The number of hydrogen-bond donors (Lipinski definition) is 2. The second kappa shape index (κ2) is 12.2. The van der Waals surface area contributed by atoms with E-state index in [1.54, 1.807) is 31.6 Å². The molecule has 0 saturated carbocycles. The summed E-state index contributed by atoms with van der Waals surface area (Å²) < 4.78 is 32.4. The number of benzene rings is 2. The Labute approximate surface area is 242 Å². The van der Waals surface area contributed by atoms with E-state index in [1.165, 1.54) is 17.5 Å². The molecule has 0 atom stereocenters. The summed E-state index contributed by atoms with van der Waals surface area (Å²) in [6, 6.07) is 9.38. The molecule has 40 heavy (non-hydrogen) atoms. The minimum Gasteiger partial charge on any atom is -0.494 e. The zero-order valence-corrected chi connectivity index (χ0v) is 25.6. The Kier molecular flexibility index (Phi) is 8.91. The molecule has 0 bridgehead atoms. The normalized spacial score (nSPS) is 11.5. The van der Waals surface area contributed by atoms with E-state index in [0.29, 0.717) is 50.1 Å². The quantitative estimate of drug-likeness (QED) is 0.249. The van der Waals surface area contributed by atoms with Gasteiger partial charge in [0.2, 0.25) is 16.0 Å². The van der Waals surface area contributed by atoms with Crippen LogP contribution in [0.25, 0.3) is 11.0 Å². The van der Waals surface area contributed by atoms with Gasteiger partial charge in [-0.1, -0.05) is 0 Å². The highest BCUT2D eigenvalue weighted by Gasteiger charge is 2.21. The number of fused-ring (bicyclic) bond motifs is 1. The van der Waals surface area contributed by atoms with Crippen LogP contribution in [-0.4, -0.2) is 87.9 Å². The van der Waals surface area contributed by atoms with E-state index >= 15 is 0 Å². The Morgan fingerprint density at radius 3 is 2.38 bits per heavy atom.